The molecule has 0 spiro atoms. The van der Waals surface area contributed by atoms with E-state index in [1.54, 1.807) is 25.1 Å². The number of amides is 1. The monoisotopic (exact) mass is 368 g/mol. The van der Waals surface area contributed by atoms with Crippen LogP contribution in [0, 0.1) is 5.53 Å². The molecular formula is C15H22N5O6+. The highest BCUT2D eigenvalue weighted by atomic mass is 16.6. The normalized spacial score (nSPS) is 11.3. The maximum atomic E-state index is 12.0. The number of aliphatic carboxylic acids is 1. The molecule has 0 bridgehead atoms. The maximum absolute atomic E-state index is 12.0. The second-order valence-electron chi connectivity index (χ2n) is 4.92. The molecule has 1 unspecified atom stereocenters. The lowest BCUT2D eigenvalue weighted by molar-refractivity contribution is -0.143. The summed E-state index contributed by atoms with van der Waals surface area (Å²) in [6.45, 7) is 1.74. The average molecular weight is 368 g/mol. The number of nitrogens with one attached hydrogen (secondary N) is 1. The molecule has 0 fully saturated rings. The van der Waals surface area contributed by atoms with Crippen LogP contribution in [0.3, 0.4) is 0 Å². The first-order valence-electron chi connectivity index (χ1n) is 7.75. The quantitative estimate of drug-likeness (QED) is 0.120. The van der Waals surface area contributed by atoms with E-state index in [-0.39, 0.29) is 25.7 Å². The number of rotatable bonds is 12. The summed E-state index contributed by atoms with van der Waals surface area (Å²) in [5, 5.41) is 13.1. The van der Waals surface area contributed by atoms with Crippen molar-refractivity contribution in [3.63, 3.8) is 0 Å². The third kappa shape index (κ3) is 7.81. The van der Waals surface area contributed by atoms with E-state index in [2.05, 4.69) is 10.0 Å². The van der Waals surface area contributed by atoms with E-state index in [1.165, 1.54) is 6.07 Å². The molecule has 0 heterocycles. The van der Waals surface area contributed by atoms with Gasteiger partial charge in [0.15, 0.2) is 5.11 Å². The van der Waals surface area contributed by atoms with Crippen molar-refractivity contribution in [2.24, 2.45) is 11.0 Å². The summed E-state index contributed by atoms with van der Waals surface area (Å²) in [5.74, 6) is 4.56. The summed E-state index contributed by atoms with van der Waals surface area (Å²) in [7, 11) is 0. The Balaban J connectivity index is 2.54. The Morgan fingerprint density at radius 1 is 1.42 bits per heavy atom. The first-order valence-corrected chi connectivity index (χ1v) is 7.75. The van der Waals surface area contributed by atoms with E-state index >= 15 is 0 Å². The molecule has 0 aliphatic rings. The summed E-state index contributed by atoms with van der Waals surface area (Å²) in [6.07, 6.45) is -0.873. The number of carbonyl (C=O) groups excluding carboxylic acids is 1. The van der Waals surface area contributed by atoms with Crippen molar-refractivity contribution in [1.29, 1.82) is 5.53 Å². The number of benzene rings is 1. The third-order valence-electron chi connectivity index (χ3n) is 3.03. The number of hydrogen-bond donors (Lipinski definition) is 3. The molecule has 0 aliphatic heterocycles. The van der Waals surface area contributed by atoms with Crippen molar-refractivity contribution >= 4 is 11.9 Å². The lowest BCUT2D eigenvalue weighted by atomic mass is 10.2. The largest absolute Gasteiger partial charge is 0.488 e. The summed E-state index contributed by atoms with van der Waals surface area (Å²) in [4.78, 5) is 25.3. The Labute approximate surface area is 149 Å². The summed E-state index contributed by atoms with van der Waals surface area (Å²) < 4.78 is 15.6. The number of hydrazine groups is 1. The summed E-state index contributed by atoms with van der Waals surface area (Å²) in [6, 6.07) is 6.44. The van der Waals surface area contributed by atoms with Crippen LogP contribution in [0.4, 0.5) is 0 Å². The van der Waals surface area contributed by atoms with Crippen molar-refractivity contribution in [2.75, 3.05) is 33.0 Å². The molecular weight excluding hydrogens is 346 g/mol. The van der Waals surface area contributed by atoms with E-state index in [4.69, 9.17) is 30.7 Å². The number of nitrogens with two attached hydrogens (primary N) is 1. The minimum atomic E-state index is -1.08. The van der Waals surface area contributed by atoms with Crippen molar-refractivity contribution in [1.82, 2.24) is 9.92 Å². The van der Waals surface area contributed by atoms with Gasteiger partial charge in [-0.15, -0.1) is 0 Å². The minimum absolute atomic E-state index is 0.0453. The molecule has 1 atom stereocenters. The van der Waals surface area contributed by atoms with Gasteiger partial charge in [-0.1, -0.05) is 6.07 Å². The van der Waals surface area contributed by atoms with Crippen LogP contribution in [0.1, 0.15) is 17.3 Å². The molecule has 11 heteroatoms. The molecule has 0 saturated heterocycles. The average Bonchev–Trinajstić information content (AvgIpc) is 2.64. The van der Waals surface area contributed by atoms with E-state index in [9.17, 15) is 9.59 Å². The molecule has 0 radical (unpaired) electrons. The minimum Gasteiger partial charge on any atom is -0.488 e. The predicted molar refractivity (Wildman–Crippen MR) is 88.3 cm³/mol. The number of hydrogen-bond acceptors (Lipinski definition) is 8. The molecule has 1 aromatic carbocycles. The van der Waals surface area contributed by atoms with E-state index < -0.39 is 18.8 Å². The first kappa shape index (κ1) is 21.2. The molecule has 142 valence electrons. The van der Waals surface area contributed by atoms with Gasteiger partial charge in [0.1, 0.15) is 24.5 Å². The van der Waals surface area contributed by atoms with Gasteiger partial charge in [0.2, 0.25) is 4.91 Å². The molecule has 4 N–H and O–H groups in total. The zero-order chi connectivity index (χ0) is 19.4. The SMILES string of the molecule is CCN(N)C(=O)c1cccc(OCC(N=[N+]=N)OCCOCC(=O)O)c1. The number of carbonyl (C=O) groups is 2. The van der Waals surface area contributed by atoms with Gasteiger partial charge in [-0.05, 0) is 25.1 Å². The van der Waals surface area contributed by atoms with E-state index in [1.807, 2.05) is 0 Å². The maximum Gasteiger partial charge on any atom is 0.329 e. The second-order valence-corrected chi connectivity index (χ2v) is 4.92. The van der Waals surface area contributed by atoms with E-state index in [0.29, 0.717) is 17.9 Å². The van der Waals surface area contributed by atoms with Crippen LogP contribution in [0.25, 0.3) is 0 Å². The van der Waals surface area contributed by atoms with Crippen LogP contribution < -0.4 is 15.5 Å². The Hall–Kier alpha value is -2.85. The molecule has 11 nitrogen and oxygen atoms in total. The zero-order valence-electron chi connectivity index (χ0n) is 14.3. The Kier molecular flexibility index (Phi) is 9.50. The highest BCUT2D eigenvalue weighted by Gasteiger charge is 2.16. The summed E-state index contributed by atoms with van der Waals surface area (Å²) in [5.41, 5.74) is 7.17. The van der Waals surface area contributed by atoms with Crippen LogP contribution in [-0.4, -0.2) is 61.2 Å². The molecule has 0 aliphatic carbocycles. The van der Waals surface area contributed by atoms with Gasteiger partial charge < -0.3 is 19.3 Å². The molecule has 1 aromatic rings. The lowest BCUT2D eigenvalue weighted by Gasteiger charge is -2.15. The Bertz CT molecular complexity index is 649. The van der Waals surface area contributed by atoms with Crippen molar-refractivity contribution in [2.45, 2.75) is 13.2 Å². The van der Waals surface area contributed by atoms with Gasteiger partial charge >= 0.3 is 5.97 Å². The van der Waals surface area contributed by atoms with Crippen molar-refractivity contribution < 1.29 is 28.9 Å². The fourth-order valence-electron chi connectivity index (χ4n) is 1.78. The summed E-state index contributed by atoms with van der Waals surface area (Å²) >= 11 is 0. The molecule has 1 amide bonds. The van der Waals surface area contributed by atoms with Crippen molar-refractivity contribution in [3.8, 4) is 5.75 Å². The van der Waals surface area contributed by atoms with Crippen LogP contribution in [0.15, 0.2) is 29.4 Å². The van der Waals surface area contributed by atoms with Gasteiger partial charge in [-0.3, -0.25) is 9.80 Å². The van der Waals surface area contributed by atoms with Crippen LogP contribution in [0.2, 0.25) is 0 Å². The van der Waals surface area contributed by atoms with Crippen molar-refractivity contribution in [3.05, 3.63) is 29.8 Å². The molecule has 0 aromatic heterocycles. The van der Waals surface area contributed by atoms with Gasteiger partial charge in [0, 0.05) is 12.1 Å². The molecule has 1 rings (SSSR count). The van der Waals surface area contributed by atoms with Crippen LogP contribution in [0.5, 0.6) is 5.75 Å². The van der Waals surface area contributed by atoms with Crippen LogP contribution in [-0.2, 0) is 14.3 Å². The fourth-order valence-corrected chi connectivity index (χ4v) is 1.78. The van der Waals surface area contributed by atoms with Gasteiger partial charge in [0.25, 0.3) is 12.1 Å². The Morgan fingerprint density at radius 2 is 2.19 bits per heavy atom. The van der Waals surface area contributed by atoms with E-state index in [0.717, 1.165) is 5.01 Å². The number of ether oxygens (including phenoxy) is 3. The smallest absolute Gasteiger partial charge is 0.329 e. The van der Waals surface area contributed by atoms with Crippen LogP contribution >= 0.6 is 0 Å². The molecule has 0 saturated carbocycles. The molecule has 26 heavy (non-hydrogen) atoms. The first-order chi connectivity index (χ1) is 12.5. The highest BCUT2D eigenvalue weighted by Crippen LogP contribution is 2.15. The Morgan fingerprint density at radius 3 is 2.85 bits per heavy atom. The third-order valence-corrected chi connectivity index (χ3v) is 3.03. The van der Waals surface area contributed by atoms with Gasteiger partial charge in [-0.2, -0.15) is 0 Å². The zero-order valence-corrected chi connectivity index (χ0v) is 14.3. The fraction of sp³-hybridized carbons (Fsp3) is 0.467. The topological polar surface area (TPSA) is 162 Å². The second kappa shape index (κ2) is 11.7. The standard InChI is InChI=1S/C15H21N5O6/c1-2-20(17)15(23)11-4-3-5-12(8-11)26-9-13(18-19-16)25-7-6-24-10-14(21)22/h3-5,8,13,16H,2,6-7,9-10,17H2,1H3/p+1. The number of carboxylic acid groups (broad SMARTS) is 1. The predicted octanol–water partition coefficient (Wildman–Crippen LogP) is 0.395. The highest BCUT2D eigenvalue weighted by molar-refractivity contribution is 5.94. The van der Waals surface area contributed by atoms with Gasteiger partial charge in [-0.25, -0.2) is 10.6 Å². The van der Waals surface area contributed by atoms with Gasteiger partial charge in [0.05, 0.1) is 13.2 Å². The lowest BCUT2D eigenvalue weighted by Crippen LogP contribution is -2.37. The number of carboxylic acids is 1. The number of nitrogens with zero attached hydrogens (tertiary/aromatic N) is 3.